The number of ether oxygens (including phenoxy) is 1. The van der Waals surface area contributed by atoms with Gasteiger partial charge in [-0.05, 0) is 47.6 Å². The van der Waals surface area contributed by atoms with Crippen LogP contribution in [0, 0.1) is 0 Å². The number of carbonyl (C=O) groups excluding carboxylic acids is 1. The Labute approximate surface area is 185 Å². The quantitative estimate of drug-likeness (QED) is 0.478. The summed E-state index contributed by atoms with van der Waals surface area (Å²) < 4.78 is 5.23. The molecule has 0 aliphatic carbocycles. The molecule has 1 unspecified atom stereocenters. The van der Waals surface area contributed by atoms with Gasteiger partial charge in [0.1, 0.15) is 5.75 Å². The number of benzene rings is 2. The van der Waals surface area contributed by atoms with Crippen LogP contribution in [0.3, 0.4) is 0 Å². The summed E-state index contributed by atoms with van der Waals surface area (Å²) in [6.07, 6.45) is 2.68. The number of aliphatic imine (C=N–C) groups is 1. The summed E-state index contributed by atoms with van der Waals surface area (Å²) in [5.74, 6) is 2.40. The lowest BCUT2D eigenvalue weighted by Crippen LogP contribution is -2.37. The van der Waals surface area contributed by atoms with Crippen LogP contribution in [0.2, 0.25) is 0 Å². The van der Waals surface area contributed by atoms with E-state index in [4.69, 9.17) is 4.74 Å². The minimum Gasteiger partial charge on any atom is -0.497 e. The minimum absolute atomic E-state index is 0.266. The molecule has 166 valence electrons. The van der Waals surface area contributed by atoms with Gasteiger partial charge >= 0.3 is 0 Å². The number of methoxy groups -OCH3 is 1. The minimum atomic E-state index is 0.266. The third-order valence-electron chi connectivity index (χ3n) is 5.81. The number of nitrogens with zero attached hydrogens (tertiary/aromatic N) is 2. The third-order valence-corrected chi connectivity index (χ3v) is 5.81. The van der Waals surface area contributed by atoms with Crippen molar-refractivity contribution in [3.63, 3.8) is 0 Å². The first-order valence-corrected chi connectivity index (χ1v) is 11.0. The molecule has 0 aromatic heterocycles. The maximum Gasteiger partial charge on any atom is 0.222 e. The Balaban J connectivity index is 1.40. The number of carbonyl (C=O) groups is 1. The zero-order valence-electron chi connectivity index (χ0n) is 18.9. The highest BCUT2D eigenvalue weighted by molar-refractivity contribution is 5.79. The highest BCUT2D eigenvalue weighted by Gasteiger charge is 2.19. The number of nitrogens with one attached hydrogen (secondary N) is 2. The molecule has 0 radical (unpaired) electrons. The largest absolute Gasteiger partial charge is 0.497 e. The number of hydrogen-bond acceptors (Lipinski definition) is 3. The summed E-state index contributed by atoms with van der Waals surface area (Å²) in [6.45, 7) is 5.37. The normalized spacial score (nSPS) is 15.1. The second-order valence-electron chi connectivity index (χ2n) is 8.05. The van der Waals surface area contributed by atoms with Crippen molar-refractivity contribution in [1.82, 2.24) is 15.5 Å². The van der Waals surface area contributed by atoms with Crippen LogP contribution in [0.4, 0.5) is 0 Å². The average molecular weight is 423 g/mol. The summed E-state index contributed by atoms with van der Waals surface area (Å²) in [4.78, 5) is 18.0. The fraction of sp³-hybridized carbons (Fsp3) is 0.440. The first kappa shape index (κ1) is 22.7. The lowest BCUT2D eigenvalue weighted by atomic mass is 9.98. The molecule has 31 heavy (non-hydrogen) atoms. The van der Waals surface area contributed by atoms with E-state index in [0.29, 0.717) is 25.4 Å². The molecule has 6 heteroatoms. The molecule has 1 saturated heterocycles. The summed E-state index contributed by atoms with van der Waals surface area (Å²) in [5, 5.41) is 6.77. The van der Waals surface area contributed by atoms with Gasteiger partial charge in [-0.3, -0.25) is 9.79 Å². The SMILES string of the molecule is CN=C(NCCC(C)c1ccc(OC)cc1)NCc1ccc(CN2CCCC2=O)cc1. The van der Waals surface area contributed by atoms with Gasteiger partial charge in [0.2, 0.25) is 5.91 Å². The van der Waals surface area contributed by atoms with Crippen LogP contribution in [0.5, 0.6) is 5.75 Å². The third kappa shape index (κ3) is 6.74. The van der Waals surface area contributed by atoms with Crippen molar-refractivity contribution in [1.29, 1.82) is 0 Å². The smallest absolute Gasteiger partial charge is 0.222 e. The number of rotatable bonds is 9. The van der Waals surface area contributed by atoms with Crippen molar-refractivity contribution in [3.8, 4) is 5.75 Å². The molecule has 0 saturated carbocycles. The van der Waals surface area contributed by atoms with E-state index in [0.717, 1.165) is 37.6 Å². The molecule has 2 aromatic carbocycles. The molecule has 6 nitrogen and oxygen atoms in total. The monoisotopic (exact) mass is 422 g/mol. The predicted octanol–water partition coefficient (Wildman–Crippen LogP) is 3.68. The first-order chi connectivity index (χ1) is 15.1. The van der Waals surface area contributed by atoms with Gasteiger partial charge in [-0.2, -0.15) is 0 Å². The van der Waals surface area contributed by atoms with E-state index < -0.39 is 0 Å². The summed E-state index contributed by atoms with van der Waals surface area (Å²) in [6, 6.07) is 16.7. The van der Waals surface area contributed by atoms with Gasteiger partial charge < -0.3 is 20.3 Å². The lowest BCUT2D eigenvalue weighted by Gasteiger charge is -2.17. The molecular formula is C25H34N4O2. The maximum absolute atomic E-state index is 11.8. The second-order valence-corrected chi connectivity index (χ2v) is 8.05. The molecule has 0 spiro atoms. The van der Waals surface area contributed by atoms with E-state index in [-0.39, 0.29) is 5.91 Å². The van der Waals surface area contributed by atoms with Crippen molar-refractivity contribution in [2.45, 2.75) is 45.2 Å². The molecule has 3 rings (SSSR count). The van der Waals surface area contributed by atoms with Crippen LogP contribution in [0.1, 0.15) is 48.8 Å². The van der Waals surface area contributed by atoms with E-state index in [9.17, 15) is 4.79 Å². The van der Waals surface area contributed by atoms with Gasteiger partial charge in [0.05, 0.1) is 7.11 Å². The molecule has 1 aliphatic rings. The Hall–Kier alpha value is -3.02. The fourth-order valence-electron chi connectivity index (χ4n) is 3.77. The molecule has 1 amide bonds. The Kier molecular flexibility index (Phi) is 8.33. The number of guanidine groups is 1. The number of likely N-dealkylation sites (tertiary alicyclic amines) is 1. The van der Waals surface area contributed by atoms with E-state index in [1.54, 1.807) is 14.2 Å². The fourth-order valence-corrected chi connectivity index (χ4v) is 3.77. The molecular weight excluding hydrogens is 388 g/mol. The Morgan fingerprint density at radius 3 is 2.42 bits per heavy atom. The van der Waals surface area contributed by atoms with Crippen LogP contribution in [-0.2, 0) is 17.9 Å². The van der Waals surface area contributed by atoms with Crippen LogP contribution >= 0.6 is 0 Å². The van der Waals surface area contributed by atoms with E-state index in [1.165, 1.54) is 16.7 Å². The lowest BCUT2D eigenvalue weighted by molar-refractivity contribution is -0.128. The highest BCUT2D eigenvalue weighted by Crippen LogP contribution is 2.21. The Morgan fingerprint density at radius 2 is 1.81 bits per heavy atom. The second kappa shape index (κ2) is 11.4. The Morgan fingerprint density at radius 1 is 1.10 bits per heavy atom. The van der Waals surface area contributed by atoms with Crippen molar-refractivity contribution in [2.75, 3.05) is 27.2 Å². The highest BCUT2D eigenvalue weighted by atomic mass is 16.5. The van der Waals surface area contributed by atoms with Crippen molar-refractivity contribution in [2.24, 2.45) is 4.99 Å². The van der Waals surface area contributed by atoms with E-state index in [1.807, 2.05) is 17.0 Å². The van der Waals surface area contributed by atoms with Gasteiger partial charge in [-0.1, -0.05) is 43.3 Å². The van der Waals surface area contributed by atoms with Crippen molar-refractivity contribution in [3.05, 3.63) is 65.2 Å². The van der Waals surface area contributed by atoms with Gasteiger partial charge in [-0.15, -0.1) is 0 Å². The van der Waals surface area contributed by atoms with Crippen LogP contribution in [0.25, 0.3) is 0 Å². The van der Waals surface area contributed by atoms with Crippen molar-refractivity contribution >= 4 is 11.9 Å². The molecule has 1 atom stereocenters. The molecule has 2 N–H and O–H groups in total. The topological polar surface area (TPSA) is 66.0 Å². The molecule has 2 aromatic rings. The summed E-state index contributed by atoms with van der Waals surface area (Å²) >= 11 is 0. The van der Waals surface area contributed by atoms with Crippen molar-refractivity contribution < 1.29 is 9.53 Å². The molecule has 1 heterocycles. The van der Waals surface area contributed by atoms with Crippen LogP contribution in [0.15, 0.2) is 53.5 Å². The van der Waals surface area contributed by atoms with Gasteiger partial charge in [-0.25, -0.2) is 0 Å². The number of amides is 1. The van der Waals surface area contributed by atoms with Crippen LogP contribution in [-0.4, -0.2) is 44.0 Å². The standard InChI is InChI=1S/C25H34N4O2/c1-19(22-10-12-23(31-3)13-11-22)14-15-27-25(26-2)28-17-20-6-8-21(9-7-20)18-29-16-4-5-24(29)30/h6-13,19H,4-5,14-18H2,1-3H3,(H2,26,27,28). The van der Waals surface area contributed by atoms with Gasteiger partial charge in [0.25, 0.3) is 0 Å². The first-order valence-electron chi connectivity index (χ1n) is 11.0. The zero-order valence-corrected chi connectivity index (χ0v) is 18.9. The molecule has 1 fully saturated rings. The average Bonchev–Trinajstić information content (AvgIpc) is 3.21. The molecule has 1 aliphatic heterocycles. The van der Waals surface area contributed by atoms with Crippen LogP contribution < -0.4 is 15.4 Å². The summed E-state index contributed by atoms with van der Waals surface area (Å²) in [7, 11) is 3.48. The molecule has 0 bridgehead atoms. The summed E-state index contributed by atoms with van der Waals surface area (Å²) in [5.41, 5.74) is 3.67. The van der Waals surface area contributed by atoms with E-state index >= 15 is 0 Å². The number of hydrogen-bond donors (Lipinski definition) is 2. The maximum atomic E-state index is 11.8. The Bertz CT molecular complexity index is 862. The predicted molar refractivity (Wildman–Crippen MR) is 125 cm³/mol. The van der Waals surface area contributed by atoms with Gasteiger partial charge in [0, 0.05) is 39.6 Å². The van der Waals surface area contributed by atoms with E-state index in [2.05, 4.69) is 58.9 Å². The zero-order chi connectivity index (χ0) is 22.1. The van der Waals surface area contributed by atoms with Gasteiger partial charge in [0.15, 0.2) is 5.96 Å².